The first kappa shape index (κ1) is 18.4. The first-order valence-electron chi connectivity index (χ1n) is 10.2. The lowest BCUT2D eigenvalue weighted by Crippen LogP contribution is -3.14. The number of hydrogen-bond donors (Lipinski definition) is 2. The molecule has 1 aliphatic heterocycles. The Morgan fingerprint density at radius 2 is 1.81 bits per heavy atom. The minimum atomic E-state index is -0.552. The Morgan fingerprint density at radius 1 is 1.04 bits per heavy atom. The number of hydrogen-bond acceptors (Lipinski definition) is 1. The number of rotatable bonds is 4. The van der Waals surface area contributed by atoms with E-state index in [-0.39, 0.29) is 17.8 Å². The lowest BCUT2D eigenvalue weighted by molar-refractivity contribution is -0.939. The maximum atomic E-state index is 13.5. The molecule has 1 aliphatic carbocycles. The van der Waals surface area contributed by atoms with Crippen LogP contribution in [0.25, 0.3) is 6.08 Å². The van der Waals surface area contributed by atoms with Crippen LogP contribution in [0.5, 0.6) is 0 Å². The molecule has 4 rings (SSSR count). The summed E-state index contributed by atoms with van der Waals surface area (Å²) in [6, 6.07) is 17.5. The molecule has 1 unspecified atom stereocenters. The summed E-state index contributed by atoms with van der Waals surface area (Å²) in [6.45, 7) is 1.87. The van der Waals surface area contributed by atoms with E-state index >= 15 is 0 Å². The van der Waals surface area contributed by atoms with Gasteiger partial charge in [0.05, 0.1) is 18.7 Å². The Kier molecular flexibility index (Phi) is 5.42. The fourth-order valence-corrected chi connectivity index (χ4v) is 5.13. The van der Waals surface area contributed by atoms with Crippen molar-refractivity contribution in [1.29, 1.82) is 0 Å². The van der Waals surface area contributed by atoms with E-state index in [2.05, 4.69) is 36.4 Å². The molecule has 0 bridgehead atoms. The summed E-state index contributed by atoms with van der Waals surface area (Å²) in [6.07, 6.45) is 9.55. The molecule has 142 valence electrons. The van der Waals surface area contributed by atoms with Crippen molar-refractivity contribution >= 4 is 6.08 Å². The summed E-state index contributed by atoms with van der Waals surface area (Å²) < 4.78 is 13.5. The Bertz CT molecular complexity index is 773. The molecular formula is C24H29FNO+. The number of benzene rings is 2. The monoisotopic (exact) mass is 366 g/mol. The third-order valence-corrected chi connectivity index (χ3v) is 6.51. The van der Waals surface area contributed by atoms with Crippen molar-refractivity contribution < 1.29 is 14.4 Å². The largest absolute Gasteiger partial charge is 0.389 e. The average molecular weight is 367 g/mol. The van der Waals surface area contributed by atoms with Crippen molar-refractivity contribution in [3.63, 3.8) is 0 Å². The second kappa shape index (κ2) is 7.95. The zero-order valence-electron chi connectivity index (χ0n) is 15.8. The molecule has 0 radical (unpaired) electrons. The van der Waals surface area contributed by atoms with Gasteiger partial charge in [-0.15, -0.1) is 0 Å². The number of likely N-dealkylation sites (tertiary alicyclic amines) is 1. The molecule has 0 aromatic heterocycles. The Morgan fingerprint density at radius 3 is 2.59 bits per heavy atom. The average Bonchev–Trinajstić information content (AvgIpc) is 2.69. The van der Waals surface area contributed by atoms with Crippen LogP contribution < -0.4 is 4.90 Å². The van der Waals surface area contributed by atoms with Crippen LogP contribution in [0.1, 0.15) is 49.3 Å². The third-order valence-electron chi connectivity index (χ3n) is 6.51. The zero-order valence-corrected chi connectivity index (χ0v) is 15.8. The molecule has 3 heteroatoms. The van der Waals surface area contributed by atoms with Crippen molar-refractivity contribution in [2.45, 2.75) is 43.7 Å². The van der Waals surface area contributed by atoms with Gasteiger partial charge in [0, 0.05) is 17.9 Å². The van der Waals surface area contributed by atoms with Gasteiger partial charge in [0.2, 0.25) is 0 Å². The molecule has 2 nitrogen and oxygen atoms in total. The van der Waals surface area contributed by atoms with Crippen molar-refractivity contribution in [2.24, 2.45) is 5.92 Å². The van der Waals surface area contributed by atoms with Crippen LogP contribution in [0.2, 0.25) is 0 Å². The molecule has 2 aromatic carbocycles. The Labute approximate surface area is 161 Å². The van der Waals surface area contributed by atoms with Crippen LogP contribution >= 0.6 is 0 Å². The highest BCUT2D eigenvalue weighted by atomic mass is 19.1. The fraction of sp³-hybridized carbons (Fsp3) is 0.417. The molecule has 0 spiro atoms. The van der Waals surface area contributed by atoms with Gasteiger partial charge < -0.3 is 10.0 Å². The predicted octanol–water partition coefficient (Wildman–Crippen LogP) is 3.79. The highest BCUT2D eigenvalue weighted by molar-refractivity contribution is 5.48. The van der Waals surface area contributed by atoms with Crippen molar-refractivity contribution in [2.75, 3.05) is 13.1 Å². The van der Waals surface area contributed by atoms with Gasteiger partial charge in [-0.25, -0.2) is 4.39 Å². The molecule has 1 heterocycles. The molecule has 2 fully saturated rings. The third kappa shape index (κ3) is 3.99. The summed E-state index contributed by atoms with van der Waals surface area (Å²) in [5.74, 6) is 0.0598. The molecule has 0 amide bonds. The molecule has 2 N–H and O–H groups in total. The molecule has 4 atom stereocenters. The quantitative estimate of drug-likeness (QED) is 0.845. The van der Waals surface area contributed by atoms with Crippen LogP contribution in [0.4, 0.5) is 4.39 Å². The number of nitrogens with one attached hydrogen (secondary N) is 1. The maximum Gasteiger partial charge on any atom is 0.123 e. The summed E-state index contributed by atoms with van der Waals surface area (Å²) in [5.41, 5.74) is 1.81. The molecule has 1 saturated heterocycles. The molecule has 2 aliphatic rings. The normalized spacial score (nSPS) is 31.0. The molecular weight excluding hydrogens is 337 g/mol. The van der Waals surface area contributed by atoms with Crippen LogP contribution in [0.3, 0.4) is 0 Å². The lowest BCUT2D eigenvalue weighted by atomic mass is 9.66. The van der Waals surface area contributed by atoms with Crippen LogP contribution in [0, 0.1) is 11.7 Å². The van der Waals surface area contributed by atoms with Gasteiger partial charge in [-0.3, -0.25) is 0 Å². The van der Waals surface area contributed by atoms with Gasteiger partial charge in [0.25, 0.3) is 0 Å². The van der Waals surface area contributed by atoms with E-state index in [1.807, 2.05) is 18.2 Å². The summed E-state index contributed by atoms with van der Waals surface area (Å²) in [4.78, 5) is 1.48. The summed E-state index contributed by atoms with van der Waals surface area (Å²) in [7, 11) is 0. The molecule has 1 saturated carbocycles. The number of aliphatic hydroxyl groups is 1. The van der Waals surface area contributed by atoms with Gasteiger partial charge >= 0.3 is 0 Å². The minimum Gasteiger partial charge on any atom is -0.389 e. The standard InChI is InChI=1S/C24H28FNO/c25-21-13-11-20(12-14-21)23-22-10-4-5-15-24(22,27)16-18-26(23)17-6-9-19-7-2-1-3-8-19/h1-3,6-9,11-14,22-23,27H,4-5,10,15-18H2/p+1/b9-6+/t22-,23+,24-/m0/s1. The Balaban J connectivity index is 1.58. The van der Waals surface area contributed by atoms with Crippen LogP contribution in [-0.4, -0.2) is 23.8 Å². The van der Waals surface area contributed by atoms with Gasteiger partial charge in [-0.2, -0.15) is 0 Å². The lowest BCUT2D eigenvalue weighted by Gasteiger charge is -2.50. The highest BCUT2D eigenvalue weighted by Gasteiger charge is 2.51. The van der Waals surface area contributed by atoms with Crippen molar-refractivity contribution in [3.8, 4) is 0 Å². The minimum absolute atomic E-state index is 0.195. The van der Waals surface area contributed by atoms with E-state index in [0.717, 1.165) is 44.3 Å². The number of quaternary nitrogens is 1. The van der Waals surface area contributed by atoms with Gasteiger partial charge in [-0.1, -0.05) is 61.4 Å². The van der Waals surface area contributed by atoms with Gasteiger partial charge in [-0.05, 0) is 36.6 Å². The smallest absolute Gasteiger partial charge is 0.123 e. The molecule has 2 aromatic rings. The Hall–Kier alpha value is -1.97. The number of piperidine rings is 1. The predicted molar refractivity (Wildman–Crippen MR) is 107 cm³/mol. The fourth-order valence-electron chi connectivity index (χ4n) is 5.13. The first-order chi connectivity index (χ1) is 13.2. The van der Waals surface area contributed by atoms with Crippen LogP contribution in [-0.2, 0) is 0 Å². The van der Waals surface area contributed by atoms with Crippen molar-refractivity contribution in [3.05, 3.63) is 77.6 Å². The first-order valence-corrected chi connectivity index (χ1v) is 10.2. The van der Waals surface area contributed by atoms with Crippen LogP contribution in [0.15, 0.2) is 60.7 Å². The number of halogens is 1. The number of fused-ring (bicyclic) bond motifs is 1. The maximum absolute atomic E-state index is 13.5. The molecule has 27 heavy (non-hydrogen) atoms. The van der Waals surface area contributed by atoms with E-state index in [4.69, 9.17) is 0 Å². The SMILES string of the molecule is O[C@]12CCCC[C@H]1[C@@H](c1ccc(F)cc1)[NH+](C/C=C/c1ccccc1)CC2. The van der Waals surface area contributed by atoms with E-state index < -0.39 is 5.60 Å². The van der Waals surface area contributed by atoms with E-state index in [1.54, 1.807) is 12.1 Å². The van der Waals surface area contributed by atoms with E-state index in [9.17, 15) is 9.50 Å². The van der Waals surface area contributed by atoms with Gasteiger partial charge in [0.15, 0.2) is 0 Å². The topological polar surface area (TPSA) is 24.7 Å². The summed E-state index contributed by atoms with van der Waals surface area (Å²) >= 11 is 0. The second-order valence-electron chi connectivity index (χ2n) is 8.16. The van der Waals surface area contributed by atoms with E-state index in [0.29, 0.717) is 0 Å². The highest BCUT2D eigenvalue weighted by Crippen LogP contribution is 2.43. The van der Waals surface area contributed by atoms with Crippen molar-refractivity contribution in [1.82, 2.24) is 0 Å². The summed E-state index contributed by atoms with van der Waals surface area (Å²) in [5, 5.41) is 11.3. The van der Waals surface area contributed by atoms with Gasteiger partial charge in [0.1, 0.15) is 11.9 Å². The second-order valence-corrected chi connectivity index (χ2v) is 8.16. The zero-order chi connectivity index (χ0) is 18.7. The van der Waals surface area contributed by atoms with E-state index in [1.165, 1.54) is 16.9 Å².